The molecule has 144 valence electrons. The van der Waals surface area contributed by atoms with E-state index in [4.69, 9.17) is 0 Å². The van der Waals surface area contributed by atoms with Crippen LogP contribution >= 0.6 is 0 Å². The fourth-order valence-corrected chi connectivity index (χ4v) is 2.63. The first-order chi connectivity index (χ1) is 13.2. The standard InChI is InChI=1S/C20H17F3N4O/c1-12-7-8-15(13(2)9-12)26-18-11-24-17(10-25-18)19(28)27-16-6-4-3-5-14(16)20(21,22)23/h3-11H,1-2H3,(H,25,26)(H,27,28). The summed E-state index contributed by atoms with van der Waals surface area (Å²) in [5.74, 6) is -0.360. The van der Waals surface area contributed by atoms with Crippen LogP contribution in [0.4, 0.5) is 30.4 Å². The van der Waals surface area contributed by atoms with Gasteiger partial charge in [0.25, 0.3) is 5.91 Å². The zero-order valence-electron chi connectivity index (χ0n) is 15.1. The average molecular weight is 386 g/mol. The number of nitrogens with one attached hydrogen (secondary N) is 2. The number of hydrogen-bond acceptors (Lipinski definition) is 4. The van der Waals surface area contributed by atoms with Gasteiger partial charge in [-0.05, 0) is 37.6 Å². The molecule has 1 amide bonds. The van der Waals surface area contributed by atoms with Crippen molar-refractivity contribution in [2.75, 3.05) is 10.6 Å². The Hall–Kier alpha value is -3.42. The van der Waals surface area contributed by atoms with Crippen molar-refractivity contribution in [1.29, 1.82) is 0 Å². The molecular formula is C20H17F3N4O. The van der Waals surface area contributed by atoms with Crippen LogP contribution in [0.2, 0.25) is 0 Å². The fraction of sp³-hybridized carbons (Fsp3) is 0.150. The maximum Gasteiger partial charge on any atom is 0.418 e. The van der Waals surface area contributed by atoms with Gasteiger partial charge in [0.1, 0.15) is 11.5 Å². The van der Waals surface area contributed by atoms with Crippen LogP contribution in [0.15, 0.2) is 54.9 Å². The number of amides is 1. The molecule has 0 aliphatic carbocycles. The number of nitrogens with zero attached hydrogens (tertiary/aromatic N) is 2. The topological polar surface area (TPSA) is 66.9 Å². The van der Waals surface area contributed by atoms with Crippen LogP contribution in [0.3, 0.4) is 0 Å². The molecule has 0 radical (unpaired) electrons. The highest BCUT2D eigenvalue weighted by atomic mass is 19.4. The molecule has 0 atom stereocenters. The molecule has 0 bridgehead atoms. The molecule has 3 rings (SSSR count). The first kappa shape index (κ1) is 19.3. The molecule has 3 aromatic rings. The zero-order chi connectivity index (χ0) is 20.3. The zero-order valence-corrected chi connectivity index (χ0v) is 15.1. The number of aryl methyl sites for hydroxylation is 2. The van der Waals surface area contributed by atoms with E-state index >= 15 is 0 Å². The van der Waals surface area contributed by atoms with Gasteiger partial charge in [-0.15, -0.1) is 0 Å². The van der Waals surface area contributed by atoms with Crippen LogP contribution < -0.4 is 10.6 Å². The van der Waals surface area contributed by atoms with Crippen molar-refractivity contribution >= 4 is 23.1 Å². The van der Waals surface area contributed by atoms with Crippen LogP contribution in [0.25, 0.3) is 0 Å². The second kappa shape index (κ2) is 7.67. The van der Waals surface area contributed by atoms with Gasteiger partial charge >= 0.3 is 6.18 Å². The van der Waals surface area contributed by atoms with E-state index in [9.17, 15) is 18.0 Å². The monoisotopic (exact) mass is 386 g/mol. The number of hydrogen-bond donors (Lipinski definition) is 2. The van der Waals surface area contributed by atoms with E-state index in [0.717, 1.165) is 22.9 Å². The maximum atomic E-state index is 13.0. The van der Waals surface area contributed by atoms with Crippen molar-refractivity contribution in [2.24, 2.45) is 0 Å². The molecule has 8 heteroatoms. The Bertz CT molecular complexity index is 1000. The van der Waals surface area contributed by atoms with Crippen LogP contribution in [0.1, 0.15) is 27.2 Å². The smallest absolute Gasteiger partial charge is 0.339 e. The van der Waals surface area contributed by atoms with Gasteiger partial charge in [-0.2, -0.15) is 13.2 Å². The average Bonchev–Trinajstić information content (AvgIpc) is 2.64. The Morgan fingerprint density at radius 2 is 1.71 bits per heavy atom. The Kier molecular flexibility index (Phi) is 5.30. The highest BCUT2D eigenvalue weighted by Crippen LogP contribution is 2.34. The van der Waals surface area contributed by atoms with E-state index in [1.54, 1.807) is 0 Å². The summed E-state index contributed by atoms with van der Waals surface area (Å²) >= 11 is 0. The molecule has 0 unspecified atom stereocenters. The van der Waals surface area contributed by atoms with Crippen molar-refractivity contribution in [3.8, 4) is 0 Å². The number of rotatable bonds is 4. The third-order valence-electron chi connectivity index (χ3n) is 4.01. The summed E-state index contributed by atoms with van der Waals surface area (Å²) in [5, 5.41) is 5.33. The number of alkyl halides is 3. The number of aromatic nitrogens is 2. The largest absolute Gasteiger partial charge is 0.418 e. The van der Waals surface area contributed by atoms with Crippen molar-refractivity contribution in [2.45, 2.75) is 20.0 Å². The lowest BCUT2D eigenvalue weighted by atomic mass is 10.1. The molecule has 0 fully saturated rings. The van der Waals surface area contributed by atoms with Crippen LogP contribution in [-0.2, 0) is 6.18 Å². The van der Waals surface area contributed by atoms with Crippen molar-refractivity contribution in [3.05, 3.63) is 77.2 Å². The highest BCUT2D eigenvalue weighted by molar-refractivity contribution is 6.03. The molecule has 1 aromatic heterocycles. The lowest BCUT2D eigenvalue weighted by Crippen LogP contribution is -2.18. The van der Waals surface area contributed by atoms with E-state index in [1.807, 2.05) is 32.0 Å². The minimum atomic E-state index is -4.57. The summed E-state index contributed by atoms with van der Waals surface area (Å²) < 4.78 is 39.1. The number of halogens is 3. The molecule has 5 nitrogen and oxygen atoms in total. The number of para-hydroxylation sites is 1. The minimum Gasteiger partial charge on any atom is -0.339 e. The predicted molar refractivity (Wildman–Crippen MR) is 101 cm³/mol. The van der Waals surface area contributed by atoms with E-state index < -0.39 is 17.6 Å². The number of anilines is 3. The Morgan fingerprint density at radius 3 is 2.36 bits per heavy atom. The van der Waals surface area contributed by atoms with Gasteiger partial charge in [0, 0.05) is 5.69 Å². The quantitative estimate of drug-likeness (QED) is 0.654. The van der Waals surface area contributed by atoms with E-state index in [-0.39, 0.29) is 11.4 Å². The van der Waals surface area contributed by atoms with Crippen molar-refractivity contribution in [1.82, 2.24) is 9.97 Å². The minimum absolute atomic E-state index is 0.0943. The van der Waals surface area contributed by atoms with Crippen LogP contribution in [0.5, 0.6) is 0 Å². The Labute approximate surface area is 159 Å². The molecule has 0 aliphatic heterocycles. The lowest BCUT2D eigenvalue weighted by molar-refractivity contribution is -0.136. The molecule has 0 spiro atoms. The second-order valence-electron chi connectivity index (χ2n) is 6.23. The molecule has 0 saturated carbocycles. The lowest BCUT2D eigenvalue weighted by Gasteiger charge is -2.13. The van der Waals surface area contributed by atoms with Gasteiger partial charge in [-0.1, -0.05) is 29.8 Å². The summed E-state index contributed by atoms with van der Waals surface area (Å²) in [6.07, 6.45) is -2.02. The van der Waals surface area contributed by atoms with Gasteiger partial charge in [-0.3, -0.25) is 4.79 Å². The summed E-state index contributed by atoms with van der Waals surface area (Å²) in [7, 11) is 0. The van der Waals surface area contributed by atoms with Gasteiger partial charge in [0.15, 0.2) is 0 Å². The Morgan fingerprint density at radius 1 is 0.964 bits per heavy atom. The van der Waals surface area contributed by atoms with Gasteiger partial charge in [0.2, 0.25) is 0 Å². The highest BCUT2D eigenvalue weighted by Gasteiger charge is 2.33. The molecule has 1 heterocycles. The van der Waals surface area contributed by atoms with Crippen molar-refractivity contribution < 1.29 is 18.0 Å². The number of carbonyl (C=O) groups is 1. The van der Waals surface area contributed by atoms with Gasteiger partial charge in [-0.25, -0.2) is 9.97 Å². The molecular weight excluding hydrogens is 369 g/mol. The third kappa shape index (κ3) is 4.46. The normalized spacial score (nSPS) is 11.2. The summed E-state index contributed by atoms with van der Waals surface area (Å²) in [6, 6.07) is 10.6. The fourth-order valence-electron chi connectivity index (χ4n) is 2.63. The SMILES string of the molecule is Cc1ccc(Nc2cnc(C(=O)Nc3ccccc3C(F)(F)F)cn2)c(C)c1. The second-order valence-corrected chi connectivity index (χ2v) is 6.23. The van der Waals surface area contributed by atoms with Crippen LogP contribution in [0, 0.1) is 13.8 Å². The van der Waals surface area contributed by atoms with E-state index in [1.165, 1.54) is 30.6 Å². The summed E-state index contributed by atoms with van der Waals surface area (Å²) in [6.45, 7) is 3.93. The van der Waals surface area contributed by atoms with Gasteiger partial charge < -0.3 is 10.6 Å². The van der Waals surface area contributed by atoms with Crippen molar-refractivity contribution in [3.63, 3.8) is 0 Å². The third-order valence-corrected chi connectivity index (χ3v) is 4.01. The molecule has 0 aliphatic rings. The van der Waals surface area contributed by atoms with Crippen LogP contribution in [-0.4, -0.2) is 15.9 Å². The molecule has 2 N–H and O–H groups in total. The molecule has 28 heavy (non-hydrogen) atoms. The number of benzene rings is 2. The first-order valence-electron chi connectivity index (χ1n) is 8.38. The number of carbonyl (C=O) groups excluding carboxylic acids is 1. The summed E-state index contributed by atoms with van der Waals surface area (Å²) in [5.41, 5.74) is 1.63. The van der Waals surface area contributed by atoms with E-state index in [0.29, 0.717) is 5.82 Å². The van der Waals surface area contributed by atoms with Gasteiger partial charge in [0.05, 0.1) is 23.6 Å². The summed E-state index contributed by atoms with van der Waals surface area (Å²) in [4.78, 5) is 20.4. The first-order valence-corrected chi connectivity index (χ1v) is 8.38. The maximum absolute atomic E-state index is 13.0. The molecule has 2 aromatic carbocycles. The predicted octanol–water partition coefficient (Wildman–Crippen LogP) is 5.11. The Balaban J connectivity index is 1.74. The molecule has 0 saturated heterocycles. The van der Waals surface area contributed by atoms with E-state index in [2.05, 4.69) is 20.6 Å².